The predicted molar refractivity (Wildman–Crippen MR) is 129 cm³/mol. The van der Waals surface area contributed by atoms with Crippen LogP contribution in [0.1, 0.15) is 11.1 Å². The van der Waals surface area contributed by atoms with E-state index in [1.54, 1.807) is 6.07 Å². The van der Waals surface area contributed by atoms with E-state index in [9.17, 15) is 13.6 Å². The molecule has 7 nitrogen and oxygen atoms in total. The Labute approximate surface area is 200 Å². The number of nitrogens with one attached hydrogen (secondary N) is 2. The lowest BCUT2D eigenvalue weighted by Crippen LogP contribution is -2.36. The first-order chi connectivity index (χ1) is 16.4. The number of amides is 1. The van der Waals surface area contributed by atoms with Gasteiger partial charge >= 0.3 is 0 Å². The number of nitrogens with two attached hydrogens (primary N) is 1. The number of pyridine rings is 1. The maximum atomic E-state index is 13.5. The number of rotatable bonds is 8. The molecule has 2 heterocycles. The number of halogens is 3. The molecule has 4 N–H and O–H groups in total. The molecule has 1 aliphatic rings. The van der Waals surface area contributed by atoms with Crippen molar-refractivity contribution in [3.05, 3.63) is 76.4 Å². The standard InChI is InChI=1S/C24H24ClF2N5O2/c25-20-11-19(1-2-22(20)32-3-5-34-6-4-32)31-24-12-21(16(14-30-24)9-23(28)33)29-13-15-7-17(26)10-18(27)8-15/h1-2,7-8,10-12,14H,3-6,9,13H2,(H2,28,33)(H2,29,30,31). The summed E-state index contributed by atoms with van der Waals surface area (Å²) in [4.78, 5) is 18.0. The Morgan fingerprint density at radius 3 is 2.53 bits per heavy atom. The third-order valence-corrected chi connectivity index (χ3v) is 5.63. The van der Waals surface area contributed by atoms with Gasteiger partial charge in [-0.2, -0.15) is 0 Å². The van der Waals surface area contributed by atoms with Crippen LogP contribution in [-0.2, 0) is 22.5 Å². The fourth-order valence-corrected chi connectivity index (χ4v) is 4.05. The Morgan fingerprint density at radius 1 is 1.12 bits per heavy atom. The van der Waals surface area contributed by atoms with E-state index in [4.69, 9.17) is 22.1 Å². The summed E-state index contributed by atoms with van der Waals surface area (Å²) >= 11 is 6.52. The number of aromatic nitrogens is 1. The summed E-state index contributed by atoms with van der Waals surface area (Å²) in [6, 6.07) is 10.6. The first-order valence-corrected chi connectivity index (χ1v) is 11.1. The maximum Gasteiger partial charge on any atom is 0.221 e. The van der Waals surface area contributed by atoms with Crippen LogP contribution < -0.4 is 21.3 Å². The lowest BCUT2D eigenvalue weighted by atomic mass is 10.1. The molecule has 1 fully saturated rings. The van der Waals surface area contributed by atoms with E-state index in [-0.39, 0.29) is 13.0 Å². The monoisotopic (exact) mass is 487 g/mol. The molecule has 0 aliphatic carbocycles. The zero-order chi connectivity index (χ0) is 24.1. The van der Waals surface area contributed by atoms with Crippen LogP contribution in [0.3, 0.4) is 0 Å². The molecule has 3 aromatic rings. The van der Waals surface area contributed by atoms with Crippen molar-refractivity contribution in [1.29, 1.82) is 0 Å². The number of carbonyl (C=O) groups is 1. The second kappa shape index (κ2) is 10.7. The third-order valence-electron chi connectivity index (χ3n) is 5.33. The summed E-state index contributed by atoms with van der Waals surface area (Å²) in [7, 11) is 0. The highest BCUT2D eigenvalue weighted by molar-refractivity contribution is 6.33. The quantitative estimate of drug-likeness (QED) is 0.440. The smallest absolute Gasteiger partial charge is 0.221 e. The highest BCUT2D eigenvalue weighted by atomic mass is 35.5. The van der Waals surface area contributed by atoms with Crippen molar-refractivity contribution in [3.63, 3.8) is 0 Å². The summed E-state index contributed by atoms with van der Waals surface area (Å²) in [5.41, 5.74) is 8.57. The van der Waals surface area contributed by atoms with E-state index in [0.29, 0.717) is 40.9 Å². The number of ether oxygens (including phenoxy) is 1. The first-order valence-electron chi connectivity index (χ1n) is 10.7. The molecule has 178 valence electrons. The molecule has 0 saturated carbocycles. The van der Waals surface area contributed by atoms with Crippen molar-refractivity contribution in [2.24, 2.45) is 5.73 Å². The van der Waals surface area contributed by atoms with E-state index in [2.05, 4.69) is 20.5 Å². The van der Waals surface area contributed by atoms with Crippen molar-refractivity contribution < 1.29 is 18.3 Å². The molecule has 1 amide bonds. The molecule has 1 aromatic heterocycles. The van der Waals surface area contributed by atoms with Crippen LogP contribution in [0, 0.1) is 11.6 Å². The predicted octanol–water partition coefficient (Wildman–Crippen LogP) is 4.23. The number of anilines is 4. The molecule has 4 rings (SSSR count). The fraction of sp³-hybridized carbons (Fsp3) is 0.250. The number of carbonyl (C=O) groups excluding carboxylic acids is 1. The molecule has 34 heavy (non-hydrogen) atoms. The van der Waals surface area contributed by atoms with Gasteiger partial charge in [-0.3, -0.25) is 4.79 Å². The van der Waals surface area contributed by atoms with Crippen LogP contribution in [0.2, 0.25) is 5.02 Å². The Balaban J connectivity index is 1.52. The van der Waals surface area contributed by atoms with E-state index < -0.39 is 17.5 Å². The van der Waals surface area contributed by atoms with Gasteiger partial charge in [0.15, 0.2) is 0 Å². The summed E-state index contributed by atoms with van der Waals surface area (Å²) in [5.74, 6) is -1.35. The van der Waals surface area contributed by atoms with Gasteiger partial charge in [0.05, 0.1) is 30.3 Å². The van der Waals surface area contributed by atoms with E-state index >= 15 is 0 Å². The third kappa shape index (κ3) is 6.12. The molecule has 0 bridgehead atoms. The second-order valence-corrected chi connectivity index (χ2v) is 8.30. The second-order valence-electron chi connectivity index (χ2n) is 7.89. The first kappa shape index (κ1) is 23.7. The Bertz CT molecular complexity index is 1170. The summed E-state index contributed by atoms with van der Waals surface area (Å²) in [6.45, 7) is 3.02. The van der Waals surface area contributed by atoms with Crippen molar-refractivity contribution in [1.82, 2.24) is 4.98 Å². The lowest BCUT2D eigenvalue weighted by molar-refractivity contribution is -0.117. The van der Waals surface area contributed by atoms with Crippen LogP contribution in [0.4, 0.5) is 31.7 Å². The normalized spacial score (nSPS) is 13.6. The van der Waals surface area contributed by atoms with Gasteiger partial charge in [0.1, 0.15) is 17.5 Å². The maximum absolute atomic E-state index is 13.5. The minimum Gasteiger partial charge on any atom is -0.381 e. The average molecular weight is 488 g/mol. The van der Waals surface area contributed by atoms with Gasteiger partial charge in [-0.05, 0) is 35.9 Å². The number of nitrogens with zero attached hydrogens (tertiary/aromatic N) is 2. The van der Waals surface area contributed by atoms with Gasteiger partial charge in [-0.15, -0.1) is 0 Å². The average Bonchev–Trinajstić information content (AvgIpc) is 2.79. The number of benzene rings is 2. The van der Waals surface area contributed by atoms with Crippen molar-refractivity contribution in [3.8, 4) is 0 Å². The Hall–Kier alpha value is -3.43. The fourth-order valence-electron chi connectivity index (χ4n) is 3.75. The topological polar surface area (TPSA) is 92.5 Å². The van der Waals surface area contributed by atoms with Gasteiger partial charge < -0.3 is 26.0 Å². The molecule has 1 saturated heterocycles. The zero-order valence-corrected chi connectivity index (χ0v) is 19.0. The van der Waals surface area contributed by atoms with Crippen LogP contribution in [0.15, 0.2) is 48.7 Å². The molecule has 1 aliphatic heterocycles. The SMILES string of the molecule is NC(=O)Cc1cnc(Nc2ccc(N3CCOCC3)c(Cl)c2)cc1NCc1cc(F)cc(F)c1. The number of morpholine rings is 1. The molecule has 0 atom stereocenters. The molecule has 0 unspecified atom stereocenters. The van der Waals surface area contributed by atoms with Gasteiger partial charge in [0.25, 0.3) is 0 Å². The minimum absolute atomic E-state index is 0.0345. The van der Waals surface area contributed by atoms with Gasteiger partial charge in [0.2, 0.25) is 5.91 Å². The minimum atomic E-state index is -0.663. The van der Waals surface area contributed by atoms with Crippen LogP contribution in [0.5, 0.6) is 0 Å². The van der Waals surface area contributed by atoms with Crippen LogP contribution in [-0.4, -0.2) is 37.2 Å². The number of primary amides is 1. The largest absolute Gasteiger partial charge is 0.381 e. The summed E-state index contributed by atoms with van der Waals surface area (Å²) in [6.07, 6.45) is 1.50. The van der Waals surface area contributed by atoms with Gasteiger partial charge in [-0.1, -0.05) is 11.6 Å². The van der Waals surface area contributed by atoms with Crippen molar-refractivity contribution in [2.45, 2.75) is 13.0 Å². The van der Waals surface area contributed by atoms with Crippen molar-refractivity contribution in [2.75, 3.05) is 41.8 Å². The Kier molecular flexibility index (Phi) is 7.44. The van der Waals surface area contributed by atoms with Crippen molar-refractivity contribution >= 4 is 40.4 Å². The molecule has 2 aromatic carbocycles. The van der Waals surface area contributed by atoms with E-state index in [1.165, 1.54) is 18.3 Å². The van der Waals surface area contributed by atoms with E-state index in [1.807, 2.05) is 18.2 Å². The molecular formula is C24H24ClF2N5O2. The molecule has 10 heteroatoms. The zero-order valence-electron chi connectivity index (χ0n) is 18.3. The summed E-state index contributed by atoms with van der Waals surface area (Å²) in [5, 5.41) is 6.91. The molecular weight excluding hydrogens is 464 g/mol. The van der Waals surface area contributed by atoms with Crippen LogP contribution in [0.25, 0.3) is 0 Å². The highest BCUT2D eigenvalue weighted by Crippen LogP contribution is 2.31. The van der Waals surface area contributed by atoms with E-state index in [0.717, 1.165) is 30.5 Å². The molecule has 0 radical (unpaired) electrons. The number of hydrogen-bond acceptors (Lipinski definition) is 6. The summed E-state index contributed by atoms with van der Waals surface area (Å²) < 4.78 is 32.4. The Morgan fingerprint density at radius 2 is 1.85 bits per heavy atom. The van der Waals surface area contributed by atoms with Gasteiger partial charge in [0, 0.05) is 54.9 Å². The molecule has 0 spiro atoms. The van der Waals surface area contributed by atoms with Crippen LogP contribution >= 0.6 is 11.6 Å². The number of hydrogen-bond donors (Lipinski definition) is 3. The highest BCUT2D eigenvalue weighted by Gasteiger charge is 2.15. The van der Waals surface area contributed by atoms with Gasteiger partial charge in [-0.25, -0.2) is 13.8 Å². The lowest BCUT2D eigenvalue weighted by Gasteiger charge is -2.29.